The quantitative estimate of drug-likeness (QED) is 0.262. The van der Waals surface area contributed by atoms with E-state index >= 15 is 0 Å². The van der Waals surface area contributed by atoms with Crippen molar-refractivity contribution in [3.05, 3.63) is 40.2 Å². The maximum absolute atomic E-state index is 12.5. The normalized spacial score (nSPS) is 13.6. The van der Waals surface area contributed by atoms with Crippen molar-refractivity contribution in [2.45, 2.75) is 39.0 Å². The summed E-state index contributed by atoms with van der Waals surface area (Å²) >= 11 is 1.33. The van der Waals surface area contributed by atoms with Gasteiger partial charge >= 0.3 is 17.8 Å². The second-order valence-corrected chi connectivity index (χ2v) is 7.26. The maximum atomic E-state index is 12.5. The fourth-order valence-corrected chi connectivity index (χ4v) is 4.25. The minimum Gasteiger partial charge on any atom is -0.463 e. The molecule has 0 spiro atoms. The number of hydrazone groups is 1. The van der Waals surface area contributed by atoms with Crippen LogP contribution in [0.15, 0.2) is 27.9 Å². The largest absolute Gasteiger partial charge is 0.463 e. The third-order valence-electron chi connectivity index (χ3n) is 4.24. The van der Waals surface area contributed by atoms with Gasteiger partial charge in [-0.2, -0.15) is 5.10 Å². The number of fused-ring (bicyclic) bond motifs is 1. The van der Waals surface area contributed by atoms with Crippen LogP contribution in [-0.2, 0) is 27.2 Å². The van der Waals surface area contributed by atoms with Crippen LogP contribution in [0.2, 0.25) is 0 Å². The van der Waals surface area contributed by atoms with E-state index in [0.717, 1.165) is 42.5 Å². The first-order valence-corrected chi connectivity index (χ1v) is 9.91. The zero-order valence-electron chi connectivity index (χ0n) is 15.4. The summed E-state index contributed by atoms with van der Waals surface area (Å²) in [7, 11) is 0. The molecule has 2 amide bonds. The molecule has 0 unspecified atom stereocenters. The molecule has 28 heavy (non-hydrogen) atoms. The molecule has 1 aliphatic carbocycles. The van der Waals surface area contributed by atoms with Crippen LogP contribution in [0, 0.1) is 0 Å². The van der Waals surface area contributed by atoms with Gasteiger partial charge in [-0.1, -0.05) is 6.42 Å². The topological polar surface area (TPSA) is 110 Å². The highest BCUT2D eigenvalue weighted by atomic mass is 32.1. The van der Waals surface area contributed by atoms with E-state index in [1.54, 1.807) is 19.1 Å². The molecule has 3 rings (SSSR count). The standard InChI is InChI=1S/C19H21N3O5S/c1-2-26-19(25)15-13-8-4-3-5-9-14(13)28-18(15)21-16(23)17(24)22-20-11-12-7-6-10-27-12/h6-7,10-11H,2-5,8-9H2,1H3,(H,21,23)(H,22,24)/b20-11+. The first kappa shape index (κ1) is 19.8. The summed E-state index contributed by atoms with van der Waals surface area (Å²) in [6.45, 7) is 1.96. The van der Waals surface area contributed by atoms with Crippen molar-refractivity contribution < 1.29 is 23.5 Å². The van der Waals surface area contributed by atoms with Gasteiger partial charge in [0, 0.05) is 4.88 Å². The van der Waals surface area contributed by atoms with Crippen LogP contribution < -0.4 is 10.7 Å². The molecule has 2 aromatic heterocycles. The predicted molar refractivity (Wildman–Crippen MR) is 105 cm³/mol. The molecule has 0 atom stereocenters. The van der Waals surface area contributed by atoms with Crippen molar-refractivity contribution in [2.24, 2.45) is 5.10 Å². The van der Waals surface area contributed by atoms with Crippen molar-refractivity contribution in [3.63, 3.8) is 0 Å². The number of rotatable bonds is 5. The number of hydrogen-bond donors (Lipinski definition) is 2. The number of aryl methyl sites for hydroxylation is 1. The number of nitrogens with one attached hydrogen (secondary N) is 2. The number of carbonyl (C=O) groups is 3. The Balaban J connectivity index is 1.74. The zero-order chi connectivity index (χ0) is 19.9. The molecule has 8 nitrogen and oxygen atoms in total. The smallest absolute Gasteiger partial charge is 0.341 e. The van der Waals surface area contributed by atoms with Gasteiger partial charge in [-0.25, -0.2) is 10.2 Å². The molecule has 1 aliphatic rings. The predicted octanol–water partition coefficient (Wildman–Crippen LogP) is 2.88. The van der Waals surface area contributed by atoms with Crippen LogP contribution in [0.3, 0.4) is 0 Å². The van der Waals surface area contributed by atoms with Gasteiger partial charge in [0.1, 0.15) is 10.8 Å². The average Bonchev–Trinajstić information content (AvgIpc) is 3.24. The number of esters is 1. The SMILES string of the molecule is CCOC(=O)c1c(NC(=O)C(=O)N/N=C/c2ccco2)sc2c1CCCCC2. The lowest BCUT2D eigenvalue weighted by molar-refractivity contribution is -0.136. The molecule has 2 heterocycles. The Morgan fingerprint density at radius 2 is 2.07 bits per heavy atom. The van der Waals surface area contributed by atoms with E-state index in [1.807, 2.05) is 0 Å². The molecule has 0 fully saturated rings. The average molecular weight is 403 g/mol. The fraction of sp³-hybridized carbons (Fsp3) is 0.368. The number of anilines is 1. The third kappa shape index (κ3) is 4.66. The molecule has 0 saturated heterocycles. The van der Waals surface area contributed by atoms with E-state index in [2.05, 4.69) is 15.8 Å². The molecule has 148 valence electrons. The van der Waals surface area contributed by atoms with Crippen LogP contribution in [0.25, 0.3) is 0 Å². The van der Waals surface area contributed by atoms with E-state index in [1.165, 1.54) is 23.8 Å². The molecular formula is C19H21N3O5S. The third-order valence-corrected chi connectivity index (χ3v) is 5.44. The Bertz CT molecular complexity index is 886. The van der Waals surface area contributed by atoms with Crippen molar-refractivity contribution in [1.29, 1.82) is 0 Å². The van der Waals surface area contributed by atoms with Gasteiger partial charge in [0.25, 0.3) is 0 Å². The van der Waals surface area contributed by atoms with E-state index in [0.29, 0.717) is 16.3 Å². The first-order valence-electron chi connectivity index (χ1n) is 9.09. The lowest BCUT2D eigenvalue weighted by atomic mass is 10.1. The van der Waals surface area contributed by atoms with Gasteiger partial charge in [0.15, 0.2) is 0 Å². The molecule has 0 radical (unpaired) electrons. The highest BCUT2D eigenvalue weighted by molar-refractivity contribution is 7.17. The summed E-state index contributed by atoms with van der Waals surface area (Å²) < 4.78 is 10.2. The van der Waals surface area contributed by atoms with Crippen molar-refractivity contribution >= 4 is 40.3 Å². The molecule has 0 aliphatic heterocycles. The summed E-state index contributed by atoms with van der Waals surface area (Å²) in [5, 5.41) is 6.56. The Labute approximate surface area is 165 Å². The maximum Gasteiger partial charge on any atom is 0.341 e. The summed E-state index contributed by atoms with van der Waals surface area (Å²) in [5.74, 6) is -1.89. The molecule has 2 N–H and O–H groups in total. The number of thiophene rings is 1. The summed E-state index contributed by atoms with van der Waals surface area (Å²) in [4.78, 5) is 37.8. The van der Waals surface area contributed by atoms with Crippen LogP contribution in [0.4, 0.5) is 5.00 Å². The first-order chi connectivity index (χ1) is 13.6. The molecule has 0 aromatic carbocycles. The lowest BCUT2D eigenvalue weighted by Gasteiger charge is -2.08. The number of furan rings is 1. The minimum atomic E-state index is -0.943. The van der Waals surface area contributed by atoms with Crippen LogP contribution in [0.1, 0.15) is 52.7 Å². The van der Waals surface area contributed by atoms with Gasteiger partial charge in [0.2, 0.25) is 0 Å². The number of hydrogen-bond acceptors (Lipinski definition) is 7. The number of amides is 2. The minimum absolute atomic E-state index is 0.235. The van der Waals surface area contributed by atoms with Crippen molar-refractivity contribution in [1.82, 2.24) is 5.43 Å². The number of carbonyl (C=O) groups excluding carboxylic acids is 3. The Morgan fingerprint density at radius 1 is 1.25 bits per heavy atom. The monoisotopic (exact) mass is 403 g/mol. The summed E-state index contributed by atoms with van der Waals surface area (Å²) in [6.07, 6.45) is 7.46. The van der Waals surface area contributed by atoms with Gasteiger partial charge in [-0.3, -0.25) is 9.59 Å². The summed E-state index contributed by atoms with van der Waals surface area (Å²) in [5.41, 5.74) is 3.42. The lowest BCUT2D eigenvalue weighted by Crippen LogP contribution is -2.32. The summed E-state index contributed by atoms with van der Waals surface area (Å²) in [6, 6.07) is 3.33. The fourth-order valence-electron chi connectivity index (χ4n) is 2.98. The van der Waals surface area contributed by atoms with Crippen molar-refractivity contribution in [3.8, 4) is 0 Å². The van der Waals surface area contributed by atoms with Crippen molar-refractivity contribution in [2.75, 3.05) is 11.9 Å². The molecule has 0 bridgehead atoms. The molecule has 9 heteroatoms. The molecular weight excluding hydrogens is 382 g/mol. The Morgan fingerprint density at radius 3 is 2.82 bits per heavy atom. The molecule has 0 saturated carbocycles. The van der Waals surface area contributed by atoms with E-state index in [4.69, 9.17) is 9.15 Å². The Hall–Kier alpha value is -2.94. The second kappa shape index (κ2) is 9.32. The highest BCUT2D eigenvalue weighted by Gasteiger charge is 2.27. The van der Waals surface area contributed by atoms with E-state index < -0.39 is 17.8 Å². The van der Waals surface area contributed by atoms with Gasteiger partial charge in [0.05, 0.1) is 24.6 Å². The Kier molecular flexibility index (Phi) is 6.59. The second-order valence-electron chi connectivity index (χ2n) is 6.16. The van der Waals surface area contributed by atoms with Crippen LogP contribution in [-0.4, -0.2) is 30.6 Å². The van der Waals surface area contributed by atoms with E-state index in [-0.39, 0.29) is 6.61 Å². The zero-order valence-corrected chi connectivity index (χ0v) is 16.3. The van der Waals surface area contributed by atoms with Gasteiger partial charge in [-0.15, -0.1) is 11.3 Å². The number of ether oxygens (including phenoxy) is 1. The van der Waals surface area contributed by atoms with Gasteiger partial charge < -0.3 is 14.5 Å². The van der Waals surface area contributed by atoms with Gasteiger partial charge in [-0.05, 0) is 50.3 Å². The van der Waals surface area contributed by atoms with Crippen LogP contribution >= 0.6 is 11.3 Å². The van der Waals surface area contributed by atoms with Crippen LogP contribution in [0.5, 0.6) is 0 Å². The highest BCUT2D eigenvalue weighted by Crippen LogP contribution is 2.38. The number of nitrogens with zero attached hydrogens (tertiary/aromatic N) is 1. The van der Waals surface area contributed by atoms with E-state index in [9.17, 15) is 14.4 Å². The molecule has 2 aromatic rings.